The van der Waals surface area contributed by atoms with Gasteiger partial charge in [-0.3, -0.25) is 14.3 Å². The first kappa shape index (κ1) is 16.6. The molecule has 0 aliphatic rings. The molecule has 0 saturated carbocycles. The van der Waals surface area contributed by atoms with Gasteiger partial charge in [-0.25, -0.2) is 8.78 Å². The Labute approximate surface area is 131 Å². The summed E-state index contributed by atoms with van der Waals surface area (Å²) in [7, 11) is 0. The van der Waals surface area contributed by atoms with Crippen molar-refractivity contribution in [3.63, 3.8) is 0 Å². The van der Waals surface area contributed by atoms with Crippen molar-refractivity contribution < 1.29 is 18.4 Å². The standard InChI is InChI=1S/C15H16F2N4O2/c1-2-18-14(23)9-21-7-6-12(20-21)19-13(22)8-10-4-3-5-11(16)15(10)17/h3-7H,2,8-9H2,1H3,(H,18,23)(H,19,20,22). The summed E-state index contributed by atoms with van der Waals surface area (Å²) in [5.41, 5.74) is -0.0377. The van der Waals surface area contributed by atoms with Gasteiger partial charge in [-0.1, -0.05) is 12.1 Å². The molecule has 2 rings (SSSR count). The molecule has 6 nitrogen and oxygen atoms in total. The van der Waals surface area contributed by atoms with E-state index >= 15 is 0 Å². The molecule has 1 aromatic heterocycles. The van der Waals surface area contributed by atoms with Gasteiger partial charge in [0, 0.05) is 24.4 Å². The van der Waals surface area contributed by atoms with Crippen LogP contribution >= 0.6 is 0 Å². The minimum Gasteiger partial charge on any atom is -0.355 e. The third kappa shape index (κ3) is 4.60. The highest BCUT2D eigenvalue weighted by Crippen LogP contribution is 2.13. The number of carbonyl (C=O) groups excluding carboxylic acids is 2. The quantitative estimate of drug-likeness (QED) is 0.846. The van der Waals surface area contributed by atoms with Gasteiger partial charge in [-0.05, 0) is 13.0 Å². The predicted octanol–water partition coefficient (Wildman–Crippen LogP) is 1.48. The van der Waals surface area contributed by atoms with Crippen molar-refractivity contribution in [3.8, 4) is 0 Å². The summed E-state index contributed by atoms with van der Waals surface area (Å²) in [6.45, 7) is 2.35. The van der Waals surface area contributed by atoms with Crippen molar-refractivity contribution in [2.24, 2.45) is 0 Å². The van der Waals surface area contributed by atoms with Crippen molar-refractivity contribution in [2.45, 2.75) is 19.9 Å². The number of carbonyl (C=O) groups is 2. The number of likely N-dealkylation sites (N-methyl/N-ethyl adjacent to an activating group) is 1. The van der Waals surface area contributed by atoms with Gasteiger partial charge in [0.25, 0.3) is 0 Å². The summed E-state index contributed by atoms with van der Waals surface area (Å²) in [4.78, 5) is 23.3. The van der Waals surface area contributed by atoms with Crippen LogP contribution < -0.4 is 10.6 Å². The second-order valence-electron chi connectivity index (χ2n) is 4.79. The van der Waals surface area contributed by atoms with Crippen LogP contribution in [0, 0.1) is 11.6 Å². The molecule has 1 heterocycles. The maximum atomic E-state index is 13.5. The lowest BCUT2D eigenvalue weighted by molar-refractivity contribution is -0.121. The number of nitrogens with one attached hydrogen (secondary N) is 2. The first-order valence-corrected chi connectivity index (χ1v) is 7.02. The van der Waals surface area contributed by atoms with E-state index in [-0.39, 0.29) is 30.3 Å². The number of aromatic nitrogens is 2. The van der Waals surface area contributed by atoms with Crippen molar-refractivity contribution in [3.05, 3.63) is 47.7 Å². The highest BCUT2D eigenvalue weighted by molar-refractivity contribution is 5.91. The minimum absolute atomic E-state index is 0.0300. The topological polar surface area (TPSA) is 76.0 Å². The smallest absolute Gasteiger partial charge is 0.241 e. The Morgan fingerprint density at radius 3 is 2.74 bits per heavy atom. The Morgan fingerprint density at radius 2 is 2.00 bits per heavy atom. The van der Waals surface area contributed by atoms with E-state index in [0.29, 0.717) is 6.54 Å². The molecule has 0 unspecified atom stereocenters. The zero-order valence-corrected chi connectivity index (χ0v) is 12.5. The molecule has 2 N–H and O–H groups in total. The molecule has 0 radical (unpaired) electrons. The minimum atomic E-state index is -1.04. The molecule has 122 valence electrons. The fourth-order valence-corrected chi connectivity index (χ4v) is 1.96. The average molecular weight is 322 g/mol. The van der Waals surface area contributed by atoms with Gasteiger partial charge in [-0.15, -0.1) is 0 Å². The van der Waals surface area contributed by atoms with Crippen LogP contribution in [-0.4, -0.2) is 28.1 Å². The Bertz CT molecular complexity index is 715. The monoisotopic (exact) mass is 322 g/mol. The largest absolute Gasteiger partial charge is 0.355 e. The number of benzene rings is 1. The molecule has 0 atom stereocenters. The molecular formula is C15H16F2N4O2. The number of hydrogen-bond donors (Lipinski definition) is 2. The zero-order valence-electron chi connectivity index (χ0n) is 12.5. The van der Waals surface area contributed by atoms with Gasteiger partial charge in [0.2, 0.25) is 11.8 Å². The normalized spacial score (nSPS) is 10.4. The molecular weight excluding hydrogens is 306 g/mol. The van der Waals surface area contributed by atoms with E-state index in [2.05, 4.69) is 15.7 Å². The molecule has 0 aliphatic heterocycles. The van der Waals surface area contributed by atoms with Crippen LogP contribution in [0.3, 0.4) is 0 Å². The number of anilines is 1. The Kier molecular flexibility index (Phi) is 5.40. The van der Waals surface area contributed by atoms with E-state index in [4.69, 9.17) is 0 Å². The van der Waals surface area contributed by atoms with Gasteiger partial charge in [0.15, 0.2) is 17.5 Å². The Hall–Kier alpha value is -2.77. The highest BCUT2D eigenvalue weighted by atomic mass is 19.2. The predicted molar refractivity (Wildman–Crippen MR) is 79.6 cm³/mol. The van der Waals surface area contributed by atoms with Crippen LogP contribution in [0.5, 0.6) is 0 Å². The first-order chi connectivity index (χ1) is 11.0. The second-order valence-corrected chi connectivity index (χ2v) is 4.79. The summed E-state index contributed by atoms with van der Waals surface area (Å²) in [6.07, 6.45) is 1.22. The van der Waals surface area contributed by atoms with E-state index in [9.17, 15) is 18.4 Å². The number of nitrogens with zero attached hydrogens (tertiary/aromatic N) is 2. The summed E-state index contributed by atoms with van der Waals surface area (Å²) in [5.74, 6) is -2.53. The van der Waals surface area contributed by atoms with E-state index in [1.54, 1.807) is 6.92 Å². The van der Waals surface area contributed by atoms with E-state index < -0.39 is 17.5 Å². The maximum absolute atomic E-state index is 13.5. The third-order valence-electron chi connectivity index (χ3n) is 2.97. The van der Waals surface area contributed by atoms with Gasteiger partial charge in [0.05, 0.1) is 6.42 Å². The van der Waals surface area contributed by atoms with Crippen LogP contribution in [0.15, 0.2) is 30.5 Å². The molecule has 23 heavy (non-hydrogen) atoms. The average Bonchev–Trinajstić information content (AvgIpc) is 2.91. The fraction of sp³-hybridized carbons (Fsp3) is 0.267. The highest BCUT2D eigenvalue weighted by Gasteiger charge is 2.13. The van der Waals surface area contributed by atoms with Gasteiger partial charge in [-0.2, -0.15) is 5.10 Å². The molecule has 1 aromatic carbocycles. The van der Waals surface area contributed by atoms with Gasteiger partial charge >= 0.3 is 0 Å². The molecule has 0 spiro atoms. The number of halogens is 2. The summed E-state index contributed by atoms with van der Waals surface area (Å²) < 4.78 is 28.0. The first-order valence-electron chi connectivity index (χ1n) is 7.02. The molecule has 2 amide bonds. The van der Waals surface area contributed by atoms with Crippen LogP contribution in [0.1, 0.15) is 12.5 Å². The number of hydrogen-bond acceptors (Lipinski definition) is 3. The lowest BCUT2D eigenvalue weighted by Gasteiger charge is -2.04. The van der Waals surface area contributed by atoms with E-state index in [0.717, 1.165) is 6.07 Å². The van der Waals surface area contributed by atoms with Crippen molar-refractivity contribution in [2.75, 3.05) is 11.9 Å². The summed E-state index contributed by atoms with van der Waals surface area (Å²) in [5, 5.41) is 9.11. The van der Waals surface area contributed by atoms with Crippen LogP contribution in [-0.2, 0) is 22.6 Å². The van der Waals surface area contributed by atoms with E-state index in [1.165, 1.54) is 29.1 Å². The lowest BCUT2D eigenvalue weighted by atomic mass is 10.1. The molecule has 0 saturated heterocycles. The van der Waals surface area contributed by atoms with Crippen molar-refractivity contribution >= 4 is 17.6 Å². The van der Waals surface area contributed by atoms with Crippen LogP contribution in [0.2, 0.25) is 0 Å². The van der Waals surface area contributed by atoms with E-state index in [1.807, 2.05) is 0 Å². The zero-order chi connectivity index (χ0) is 16.8. The van der Waals surface area contributed by atoms with Crippen LogP contribution in [0.25, 0.3) is 0 Å². The fourth-order valence-electron chi connectivity index (χ4n) is 1.96. The van der Waals surface area contributed by atoms with Crippen LogP contribution in [0.4, 0.5) is 14.6 Å². The molecule has 0 aliphatic carbocycles. The lowest BCUT2D eigenvalue weighted by Crippen LogP contribution is -2.27. The summed E-state index contributed by atoms with van der Waals surface area (Å²) in [6, 6.07) is 5.17. The van der Waals surface area contributed by atoms with Crippen molar-refractivity contribution in [1.29, 1.82) is 0 Å². The third-order valence-corrected chi connectivity index (χ3v) is 2.97. The van der Waals surface area contributed by atoms with Crippen molar-refractivity contribution in [1.82, 2.24) is 15.1 Å². The number of rotatable bonds is 6. The Balaban J connectivity index is 1.94. The Morgan fingerprint density at radius 1 is 1.22 bits per heavy atom. The SMILES string of the molecule is CCNC(=O)Cn1ccc(NC(=O)Cc2cccc(F)c2F)n1. The molecule has 8 heteroatoms. The molecule has 0 bridgehead atoms. The van der Waals surface area contributed by atoms with Gasteiger partial charge in [0.1, 0.15) is 6.54 Å². The molecule has 0 fully saturated rings. The summed E-state index contributed by atoms with van der Waals surface area (Å²) >= 11 is 0. The molecule has 2 aromatic rings. The second kappa shape index (κ2) is 7.48. The van der Waals surface area contributed by atoms with Gasteiger partial charge < -0.3 is 10.6 Å². The number of amides is 2. The maximum Gasteiger partial charge on any atom is 0.241 e.